The molecule has 0 aliphatic rings. The van der Waals surface area contributed by atoms with E-state index in [1.807, 2.05) is 0 Å². The van der Waals surface area contributed by atoms with Crippen molar-refractivity contribution in [1.82, 2.24) is 9.97 Å². The number of hydrogen-bond acceptors (Lipinski definition) is 4. The molecular formula is C13H10FN3O3. The lowest BCUT2D eigenvalue weighted by Gasteiger charge is -2.06. The van der Waals surface area contributed by atoms with Gasteiger partial charge in [-0.25, -0.2) is 19.2 Å². The van der Waals surface area contributed by atoms with Crippen molar-refractivity contribution in [3.63, 3.8) is 0 Å². The van der Waals surface area contributed by atoms with Crippen LogP contribution in [0.1, 0.15) is 16.1 Å². The molecule has 20 heavy (non-hydrogen) atoms. The van der Waals surface area contributed by atoms with Gasteiger partial charge in [0.05, 0.1) is 6.42 Å². The minimum Gasteiger partial charge on any atom is -0.476 e. The van der Waals surface area contributed by atoms with Gasteiger partial charge in [0.15, 0.2) is 11.5 Å². The molecule has 1 heterocycles. The van der Waals surface area contributed by atoms with Gasteiger partial charge in [0, 0.05) is 12.4 Å². The number of aromatic carboxylic acids is 1. The van der Waals surface area contributed by atoms with E-state index in [-0.39, 0.29) is 17.9 Å². The number of carboxylic acid groups (broad SMARTS) is 1. The number of carbonyl (C=O) groups excluding carboxylic acids is 1. The number of nitrogens with zero attached hydrogens (tertiary/aromatic N) is 2. The van der Waals surface area contributed by atoms with Crippen LogP contribution in [0.25, 0.3) is 0 Å². The van der Waals surface area contributed by atoms with Gasteiger partial charge < -0.3 is 10.4 Å². The highest BCUT2D eigenvalue weighted by Gasteiger charge is 2.15. The number of nitrogens with one attached hydrogen (secondary N) is 1. The summed E-state index contributed by atoms with van der Waals surface area (Å²) in [5.74, 6) is -2.37. The van der Waals surface area contributed by atoms with E-state index in [9.17, 15) is 14.0 Å². The minimum absolute atomic E-state index is 0.0899. The number of aromatic nitrogens is 2. The number of carbonyl (C=O) groups is 2. The molecule has 0 atom stereocenters. The van der Waals surface area contributed by atoms with E-state index in [0.717, 1.165) is 0 Å². The Morgan fingerprint density at radius 2 is 2.00 bits per heavy atom. The molecule has 0 aliphatic carbocycles. The molecule has 0 unspecified atom stereocenters. The molecule has 0 saturated heterocycles. The summed E-state index contributed by atoms with van der Waals surface area (Å²) in [5, 5.41) is 11.2. The van der Waals surface area contributed by atoms with E-state index in [0.29, 0.717) is 5.56 Å². The zero-order valence-corrected chi connectivity index (χ0v) is 10.2. The lowest BCUT2D eigenvalue weighted by molar-refractivity contribution is -0.115. The molecule has 0 fully saturated rings. The quantitative estimate of drug-likeness (QED) is 0.882. The topological polar surface area (TPSA) is 92.2 Å². The Bertz CT molecular complexity index is 661. The summed E-state index contributed by atoms with van der Waals surface area (Å²) in [7, 11) is 0. The Hall–Kier alpha value is -2.83. The van der Waals surface area contributed by atoms with Gasteiger partial charge in [0.25, 0.3) is 0 Å². The minimum atomic E-state index is -1.29. The van der Waals surface area contributed by atoms with Crippen molar-refractivity contribution in [1.29, 1.82) is 0 Å². The second-order valence-corrected chi connectivity index (χ2v) is 3.91. The van der Waals surface area contributed by atoms with E-state index in [4.69, 9.17) is 5.11 Å². The lowest BCUT2D eigenvalue weighted by Crippen LogP contribution is -2.18. The van der Waals surface area contributed by atoms with E-state index < -0.39 is 17.7 Å². The Morgan fingerprint density at radius 1 is 1.25 bits per heavy atom. The summed E-state index contributed by atoms with van der Waals surface area (Å²) < 4.78 is 13.0. The van der Waals surface area contributed by atoms with Crippen LogP contribution in [0, 0.1) is 5.82 Å². The molecule has 2 aromatic rings. The van der Waals surface area contributed by atoms with Crippen LogP contribution in [0.3, 0.4) is 0 Å². The Morgan fingerprint density at radius 3 is 2.70 bits per heavy atom. The van der Waals surface area contributed by atoms with Crippen molar-refractivity contribution in [2.24, 2.45) is 0 Å². The zero-order chi connectivity index (χ0) is 14.5. The Kier molecular flexibility index (Phi) is 3.99. The molecular weight excluding hydrogens is 265 g/mol. The highest BCUT2D eigenvalue weighted by molar-refractivity contribution is 5.98. The van der Waals surface area contributed by atoms with Crippen LogP contribution in [0.5, 0.6) is 0 Å². The normalized spacial score (nSPS) is 10.1. The van der Waals surface area contributed by atoms with Crippen molar-refractivity contribution < 1.29 is 19.1 Å². The van der Waals surface area contributed by atoms with Crippen LogP contribution in [0.2, 0.25) is 0 Å². The van der Waals surface area contributed by atoms with Gasteiger partial charge in [-0.1, -0.05) is 12.1 Å². The molecule has 2 N–H and O–H groups in total. The number of halogens is 1. The van der Waals surface area contributed by atoms with Crippen LogP contribution in [-0.2, 0) is 11.2 Å². The first-order chi connectivity index (χ1) is 9.56. The van der Waals surface area contributed by atoms with E-state index in [2.05, 4.69) is 15.3 Å². The average Bonchev–Trinajstić information content (AvgIpc) is 2.38. The summed E-state index contributed by atoms with van der Waals surface area (Å²) in [4.78, 5) is 30.0. The Balaban J connectivity index is 2.11. The van der Waals surface area contributed by atoms with Crippen LogP contribution in [0.4, 0.5) is 10.2 Å². The predicted octanol–water partition coefficient (Wildman–Crippen LogP) is 1.50. The van der Waals surface area contributed by atoms with Gasteiger partial charge in [0.1, 0.15) is 5.82 Å². The fraction of sp³-hybridized carbons (Fsp3) is 0.0769. The first kappa shape index (κ1) is 13.6. The smallest absolute Gasteiger partial charge is 0.358 e. The molecule has 0 bridgehead atoms. The molecule has 0 saturated carbocycles. The number of rotatable bonds is 4. The predicted molar refractivity (Wildman–Crippen MR) is 67.7 cm³/mol. The van der Waals surface area contributed by atoms with Gasteiger partial charge in [-0.2, -0.15) is 0 Å². The molecule has 0 aliphatic heterocycles. The van der Waals surface area contributed by atoms with Crippen molar-refractivity contribution in [3.05, 3.63) is 53.7 Å². The molecule has 0 radical (unpaired) electrons. The summed E-state index contributed by atoms with van der Waals surface area (Å²) in [6.07, 6.45) is 2.39. The maximum Gasteiger partial charge on any atom is 0.358 e. The average molecular weight is 275 g/mol. The largest absolute Gasteiger partial charge is 0.476 e. The summed E-state index contributed by atoms with van der Waals surface area (Å²) >= 11 is 0. The third-order valence-corrected chi connectivity index (χ3v) is 2.41. The van der Waals surface area contributed by atoms with E-state index in [1.165, 1.54) is 30.6 Å². The van der Waals surface area contributed by atoms with Crippen LogP contribution >= 0.6 is 0 Å². The van der Waals surface area contributed by atoms with Gasteiger partial charge in [0.2, 0.25) is 5.91 Å². The molecule has 102 valence electrons. The third kappa shape index (κ3) is 3.35. The fourth-order valence-corrected chi connectivity index (χ4v) is 1.59. The fourth-order valence-electron chi connectivity index (χ4n) is 1.59. The monoisotopic (exact) mass is 275 g/mol. The van der Waals surface area contributed by atoms with Crippen molar-refractivity contribution >= 4 is 17.7 Å². The number of benzene rings is 1. The molecule has 1 amide bonds. The van der Waals surface area contributed by atoms with Crippen LogP contribution < -0.4 is 5.32 Å². The van der Waals surface area contributed by atoms with Crippen molar-refractivity contribution in [3.8, 4) is 0 Å². The van der Waals surface area contributed by atoms with Gasteiger partial charge in [-0.05, 0) is 17.7 Å². The first-order valence-electron chi connectivity index (χ1n) is 5.65. The summed E-state index contributed by atoms with van der Waals surface area (Å²) in [5.41, 5.74) is 0.128. The number of hydrogen-bond donors (Lipinski definition) is 2. The Labute approximate surface area is 113 Å². The lowest BCUT2D eigenvalue weighted by atomic mass is 10.1. The van der Waals surface area contributed by atoms with Crippen molar-refractivity contribution in [2.75, 3.05) is 5.32 Å². The molecule has 2 rings (SSSR count). The highest BCUT2D eigenvalue weighted by Crippen LogP contribution is 2.10. The molecule has 6 nitrogen and oxygen atoms in total. The van der Waals surface area contributed by atoms with E-state index >= 15 is 0 Å². The summed E-state index contributed by atoms with van der Waals surface area (Å²) in [6.45, 7) is 0. The highest BCUT2D eigenvalue weighted by atomic mass is 19.1. The SMILES string of the molecule is O=C(Cc1cccc(F)c1)Nc1nccnc1C(=O)O. The van der Waals surface area contributed by atoms with Crippen LogP contribution in [0.15, 0.2) is 36.7 Å². The third-order valence-electron chi connectivity index (χ3n) is 2.41. The van der Waals surface area contributed by atoms with Gasteiger partial charge >= 0.3 is 5.97 Å². The van der Waals surface area contributed by atoms with Crippen LogP contribution in [-0.4, -0.2) is 27.0 Å². The number of anilines is 1. The number of carboxylic acids is 1. The summed E-state index contributed by atoms with van der Waals surface area (Å²) in [6, 6.07) is 5.58. The van der Waals surface area contributed by atoms with Gasteiger partial charge in [-0.15, -0.1) is 0 Å². The van der Waals surface area contributed by atoms with Crippen molar-refractivity contribution in [2.45, 2.75) is 6.42 Å². The second-order valence-electron chi connectivity index (χ2n) is 3.91. The maximum atomic E-state index is 13.0. The van der Waals surface area contributed by atoms with E-state index in [1.54, 1.807) is 6.07 Å². The number of amides is 1. The van der Waals surface area contributed by atoms with Gasteiger partial charge in [-0.3, -0.25) is 4.79 Å². The standard InChI is InChI=1S/C13H10FN3O3/c14-9-3-1-2-8(6-9)7-10(18)17-12-11(13(19)20)15-4-5-16-12/h1-6H,7H2,(H,19,20)(H,16,17,18). The maximum absolute atomic E-state index is 13.0. The molecule has 1 aromatic carbocycles. The first-order valence-corrected chi connectivity index (χ1v) is 5.65. The molecule has 7 heteroatoms. The second kappa shape index (κ2) is 5.87. The molecule has 0 spiro atoms. The zero-order valence-electron chi connectivity index (χ0n) is 10.2. The molecule has 1 aromatic heterocycles.